The monoisotopic (exact) mass is 266 g/mol. The summed E-state index contributed by atoms with van der Waals surface area (Å²) in [5.74, 6) is 0.884. The summed E-state index contributed by atoms with van der Waals surface area (Å²) in [6, 6.07) is 0. The molecule has 0 aromatic carbocycles. The summed E-state index contributed by atoms with van der Waals surface area (Å²) >= 11 is 0. The Bertz CT molecular complexity index is 51.1. The molecule has 0 aliphatic carbocycles. The van der Waals surface area contributed by atoms with Crippen molar-refractivity contribution in [1.29, 1.82) is 0 Å². The largest absolute Gasteiger partial charge is 0.0776 e. The Morgan fingerprint density at radius 2 is 0.778 bits per heavy atom. The number of rotatable bonds is 4. The Morgan fingerprint density at radius 1 is 0.556 bits per heavy atom. The maximum atomic E-state index is 2.22. The van der Waals surface area contributed by atoms with Crippen LogP contribution in [0, 0.1) is 5.92 Å². The SMILES string of the molecule is C.C.C.C.CCC(C)C.CCCC.CCCCC. The fourth-order valence-electron chi connectivity index (χ4n) is 0.354. The third-order valence-electron chi connectivity index (χ3n) is 2.02. The van der Waals surface area contributed by atoms with E-state index in [9.17, 15) is 0 Å². The van der Waals surface area contributed by atoms with E-state index < -0.39 is 0 Å². The van der Waals surface area contributed by atoms with E-state index in [0.29, 0.717) is 0 Å². The van der Waals surface area contributed by atoms with Gasteiger partial charge in [0.25, 0.3) is 0 Å². The maximum absolute atomic E-state index is 2.22. The van der Waals surface area contributed by atoms with Gasteiger partial charge in [-0.1, -0.05) is 117 Å². The van der Waals surface area contributed by atoms with Gasteiger partial charge < -0.3 is 0 Å². The number of unbranched alkanes of at least 4 members (excludes halogenated alkanes) is 3. The summed E-state index contributed by atoms with van der Waals surface area (Å²) < 4.78 is 0. The molecule has 0 spiro atoms. The van der Waals surface area contributed by atoms with Gasteiger partial charge in [0, 0.05) is 0 Å². The van der Waals surface area contributed by atoms with Gasteiger partial charge in [0.15, 0.2) is 0 Å². The fourth-order valence-corrected chi connectivity index (χ4v) is 0.354. The lowest BCUT2D eigenvalue weighted by atomic mass is 10.2. The molecule has 0 fully saturated rings. The van der Waals surface area contributed by atoms with E-state index in [4.69, 9.17) is 0 Å². The van der Waals surface area contributed by atoms with Crippen molar-refractivity contribution in [2.45, 2.75) is 117 Å². The fraction of sp³-hybridized carbons (Fsp3) is 1.00. The van der Waals surface area contributed by atoms with Crippen LogP contribution in [0.4, 0.5) is 0 Å². The molecule has 0 radical (unpaired) electrons. The molecule has 18 heavy (non-hydrogen) atoms. The molecule has 0 aliphatic heterocycles. The first-order valence-electron chi connectivity index (χ1n) is 6.60. The molecule has 0 bridgehead atoms. The molecule has 0 saturated heterocycles. The molecule has 122 valence electrons. The molecular formula is C18H50. The highest BCUT2D eigenvalue weighted by Gasteiger charge is 1.80. The average molecular weight is 267 g/mol. The van der Waals surface area contributed by atoms with Crippen LogP contribution in [0.3, 0.4) is 0 Å². The minimum Gasteiger partial charge on any atom is -0.0776 e. The maximum Gasteiger partial charge on any atom is -0.0474 e. The lowest BCUT2D eigenvalue weighted by Crippen LogP contribution is -1.77. The quantitative estimate of drug-likeness (QED) is 0.478. The van der Waals surface area contributed by atoms with Crippen LogP contribution in [0.25, 0.3) is 0 Å². The molecule has 0 saturated carbocycles. The smallest absolute Gasteiger partial charge is 0.0474 e. The highest BCUT2D eigenvalue weighted by molar-refractivity contribution is 4.32. The summed E-state index contributed by atoms with van der Waals surface area (Å²) in [4.78, 5) is 0. The summed E-state index contributed by atoms with van der Waals surface area (Å²) in [5.41, 5.74) is 0. The van der Waals surface area contributed by atoms with E-state index in [1.54, 1.807) is 0 Å². The average Bonchev–Trinajstić information content (AvgIpc) is 2.20. The van der Waals surface area contributed by atoms with Crippen LogP contribution in [-0.2, 0) is 0 Å². The van der Waals surface area contributed by atoms with E-state index in [0.717, 1.165) is 5.92 Å². The van der Waals surface area contributed by atoms with Crippen LogP contribution in [0.2, 0.25) is 0 Å². The van der Waals surface area contributed by atoms with Gasteiger partial charge in [0.2, 0.25) is 0 Å². The van der Waals surface area contributed by atoms with Gasteiger partial charge >= 0.3 is 0 Å². The van der Waals surface area contributed by atoms with Gasteiger partial charge in [0.05, 0.1) is 0 Å². The van der Waals surface area contributed by atoms with Gasteiger partial charge in [0.1, 0.15) is 0 Å². The second-order valence-corrected chi connectivity index (χ2v) is 4.16. The Kier molecular flexibility index (Phi) is 128. The van der Waals surface area contributed by atoms with E-state index >= 15 is 0 Å². The molecule has 0 heteroatoms. The van der Waals surface area contributed by atoms with E-state index in [1.165, 1.54) is 38.5 Å². The molecular weight excluding hydrogens is 216 g/mol. The Hall–Kier alpha value is 0. The minimum atomic E-state index is 0. The van der Waals surface area contributed by atoms with Gasteiger partial charge in [-0.3, -0.25) is 0 Å². The van der Waals surface area contributed by atoms with Gasteiger partial charge in [-0.05, 0) is 5.92 Å². The predicted octanol–water partition coefficient (Wildman–Crippen LogP) is 8.60. The highest BCUT2D eigenvalue weighted by Crippen LogP contribution is 1.93. The van der Waals surface area contributed by atoms with Crippen molar-refractivity contribution in [3.63, 3.8) is 0 Å². The van der Waals surface area contributed by atoms with Crippen molar-refractivity contribution in [3.8, 4) is 0 Å². The van der Waals surface area contributed by atoms with Crippen molar-refractivity contribution < 1.29 is 0 Å². The third kappa shape index (κ3) is 144. The van der Waals surface area contributed by atoms with Crippen LogP contribution in [0.15, 0.2) is 0 Å². The summed E-state index contributed by atoms with van der Waals surface area (Å²) in [5, 5.41) is 0. The first-order valence-corrected chi connectivity index (χ1v) is 6.60. The van der Waals surface area contributed by atoms with E-state index in [1.807, 2.05) is 0 Å². The molecule has 0 unspecified atom stereocenters. The van der Waals surface area contributed by atoms with Crippen LogP contribution in [0.1, 0.15) is 117 Å². The van der Waals surface area contributed by atoms with Crippen molar-refractivity contribution in [2.75, 3.05) is 0 Å². The zero-order valence-electron chi connectivity index (χ0n) is 11.8. The van der Waals surface area contributed by atoms with Crippen LogP contribution in [-0.4, -0.2) is 0 Å². The second kappa shape index (κ2) is 53.7. The number of hydrogen-bond donors (Lipinski definition) is 0. The Labute approximate surface area is 123 Å². The third-order valence-corrected chi connectivity index (χ3v) is 2.02. The molecule has 0 aliphatic rings. The van der Waals surface area contributed by atoms with Crippen molar-refractivity contribution in [1.82, 2.24) is 0 Å². The zero-order chi connectivity index (χ0) is 11.8. The highest BCUT2D eigenvalue weighted by atomic mass is 13.9. The van der Waals surface area contributed by atoms with Crippen LogP contribution in [0.5, 0.6) is 0 Å². The van der Waals surface area contributed by atoms with Crippen molar-refractivity contribution >= 4 is 0 Å². The van der Waals surface area contributed by atoms with Gasteiger partial charge in [-0.15, -0.1) is 0 Å². The summed E-state index contributed by atoms with van der Waals surface area (Å²) in [6.45, 7) is 15.4. The minimum absolute atomic E-state index is 0. The first-order chi connectivity index (χ1) is 6.60. The van der Waals surface area contributed by atoms with Crippen LogP contribution < -0.4 is 0 Å². The molecule has 0 heterocycles. The lowest BCUT2D eigenvalue weighted by molar-refractivity contribution is 0.626. The predicted molar refractivity (Wildman–Crippen MR) is 97.8 cm³/mol. The summed E-state index contributed by atoms with van der Waals surface area (Å²) in [6.07, 6.45) is 8.02. The summed E-state index contributed by atoms with van der Waals surface area (Å²) in [7, 11) is 0. The van der Waals surface area contributed by atoms with Crippen molar-refractivity contribution in [3.05, 3.63) is 0 Å². The molecule has 0 atom stereocenters. The molecule has 0 amide bonds. The lowest BCUT2D eigenvalue weighted by Gasteiger charge is -1.90. The standard InChI is InChI=1S/2C5H12.C4H10.4CH4/c1-4-5(2)3;1-3-5-4-2;1-3-4-2;;;;/h5H,4H2,1-3H3;3-5H2,1-2H3;3-4H2,1-2H3;4*1H4. The Balaban J connectivity index is -0.0000000183. The molecule has 0 N–H and O–H groups in total. The zero-order valence-corrected chi connectivity index (χ0v) is 11.8. The van der Waals surface area contributed by atoms with Crippen LogP contribution >= 0.6 is 0 Å². The second-order valence-electron chi connectivity index (χ2n) is 4.16. The normalized spacial score (nSPS) is 6.67. The van der Waals surface area contributed by atoms with E-state index in [2.05, 4.69) is 48.5 Å². The molecule has 0 aromatic heterocycles. The Morgan fingerprint density at radius 3 is 0.778 bits per heavy atom. The van der Waals surface area contributed by atoms with Gasteiger partial charge in [-0.25, -0.2) is 0 Å². The van der Waals surface area contributed by atoms with E-state index in [-0.39, 0.29) is 29.7 Å². The number of hydrogen-bond acceptors (Lipinski definition) is 0. The van der Waals surface area contributed by atoms with Crippen molar-refractivity contribution in [2.24, 2.45) is 5.92 Å². The molecule has 0 nitrogen and oxygen atoms in total. The topological polar surface area (TPSA) is 0 Å². The molecule has 0 aromatic rings. The molecule has 0 rings (SSSR count). The first kappa shape index (κ1) is 43.0. The van der Waals surface area contributed by atoms with Gasteiger partial charge in [-0.2, -0.15) is 0 Å².